The maximum absolute atomic E-state index is 14.3. The summed E-state index contributed by atoms with van der Waals surface area (Å²) in [5.41, 5.74) is 1.70. The van der Waals surface area contributed by atoms with E-state index in [0.717, 1.165) is 31.4 Å². The highest BCUT2D eigenvalue weighted by atomic mass is 19.1. The van der Waals surface area contributed by atoms with E-state index in [0.29, 0.717) is 34.5 Å². The van der Waals surface area contributed by atoms with Gasteiger partial charge in [-0.2, -0.15) is 10.4 Å². The molecule has 0 radical (unpaired) electrons. The van der Waals surface area contributed by atoms with Crippen molar-refractivity contribution >= 4 is 23.0 Å². The van der Waals surface area contributed by atoms with Crippen molar-refractivity contribution in [1.29, 1.82) is 5.26 Å². The third-order valence-electron chi connectivity index (χ3n) is 7.80. The average molecular weight is 534 g/mol. The highest BCUT2D eigenvalue weighted by Gasteiger charge is 2.42. The van der Waals surface area contributed by atoms with Gasteiger partial charge in [-0.3, -0.25) is 14.6 Å². The van der Waals surface area contributed by atoms with Crippen LogP contribution in [0.2, 0.25) is 0 Å². The maximum atomic E-state index is 14.3. The molecule has 2 amide bonds. The summed E-state index contributed by atoms with van der Waals surface area (Å²) in [6, 6.07) is 9.39. The zero-order valence-corrected chi connectivity index (χ0v) is 22.2. The minimum Gasteiger partial charge on any atom is -0.387 e. The molecular formula is C28H32FN7O3. The number of alkyl halides is 1. The van der Waals surface area contributed by atoms with Gasteiger partial charge in [0.25, 0.3) is 5.91 Å². The first-order chi connectivity index (χ1) is 18.5. The van der Waals surface area contributed by atoms with Gasteiger partial charge in [-0.25, -0.2) is 8.91 Å². The molecule has 3 aromatic rings. The number of aliphatic hydroxyl groups is 1. The number of amides is 2. The van der Waals surface area contributed by atoms with Crippen molar-refractivity contribution in [3.8, 4) is 17.5 Å². The van der Waals surface area contributed by atoms with Gasteiger partial charge in [-0.1, -0.05) is 0 Å². The van der Waals surface area contributed by atoms with Crippen LogP contribution in [0.1, 0.15) is 49.5 Å². The number of hydrogen-bond donors (Lipinski definition) is 3. The SMILES string of the molecule is CC(=O)N1C[C@H]2CC(Nc3cc(-c4ccc5cc(C#N)cnn45)ncc3C(=O)NCC(F)C(C)(C)O)C[C@H]2C1. The summed E-state index contributed by atoms with van der Waals surface area (Å²) in [6.07, 6.45) is 3.03. The van der Waals surface area contributed by atoms with Crippen LogP contribution >= 0.6 is 0 Å². The second kappa shape index (κ2) is 10.3. The number of pyridine rings is 1. The Kier molecular flexibility index (Phi) is 6.99. The fraction of sp³-hybridized carbons (Fsp3) is 0.464. The molecule has 1 saturated heterocycles. The van der Waals surface area contributed by atoms with Gasteiger partial charge in [-0.05, 0) is 62.8 Å². The van der Waals surface area contributed by atoms with E-state index in [-0.39, 0.29) is 24.1 Å². The Morgan fingerprint density at radius 2 is 1.95 bits per heavy atom. The first kappa shape index (κ1) is 26.6. The summed E-state index contributed by atoms with van der Waals surface area (Å²) in [5.74, 6) is 0.398. The van der Waals surface area contributed by atoms with E-state index in [1.165, 1.54) is 26.2 Å². The van der Waals surface area contributed by atoms with Gasteiger partial charge < -0.3 is 20.6 Å². The molecular weight excluding hydrogens is 501 g/mol. The molecule has 11 heteroatoms. The van der Waals surface area contributed by atoms with Crippen molar-refractivity contribution in [2.24, 2.45) is 11.8 Å². The smallest absolute Gasteiger partial charge is 0.255 e. The van der Waals surface area contributed by atoms with Crippen molar-refractivity contribution in [1.82, 2.24) is 24.8 Å². The average Bonchev–Trinajstić information content (AvgIpc) is 3.59. The number of carbonyl (C=O) groups is 2. The lowest BCUT2D eigenvalue weighted by atomic mass is 10.0. The first-order valence-electron chi connectivity index (χ1n) is 13.1. The Bertz CT molecular complexity index is 1440. The molecule has 3 N–H and O–H groups in total. The van der Waals surface area contributed by atoms with Crippen LogP contribution in [0.3, 0.4) is 0 Å². The van der Waals surface area contributed by atoms with E-state index in [2.05, 4.69) is 26.8 Å². The number of rotatable bonds is 7. The number of carbonyl (C=O) groups excluding carboxylic acids is 2. The Hall–Kier alpha value is -4.04. The number of aromatic nitrogens is 3. The minimum absolute atomic E-state index is 0.0961. The van der Waals surface area contributed by atoms with Crippen LogP contribution in [-0.2, 0) is 4.79 Å². The van der Waals surface area contributed by atoms with Gasteiger partial charge in [-0.15, -0.1) is 0 Å². The molecule has 2 aliphatic rings. The number of hydrogen-bond acceptors (Lipinski definition) is 7. The predicted molar refractivity (Wildman–Crippen MR) is 143 cm³/mol. The molecule has 5 rings (SSSR count). The molecule has 39 heavy (non-hydrogen) atoms. The molecule has 4 atom stereocenters. The fourth-order valence-corrected chi connectivity index (χ4v) is 5.57. The lowest BCUT2D eigenvalue weighted by Crippen LogP contribution is -2.42. The van der Waals surface area contributed by atoms with E-state index >= 15 is 0 Å². The molecule has 0 aromatic carbocycles. The topological polar surface area (TPSA) is 136 Å². The molecule has 1 aliphatic heterocycles. The number of nitriles is 1. The second-order valence-electron chi connectivity index (χ2n) is 11.1. The van der Waals surface area contributed by atoms with E-state index in [1.807, 2.05) is 17.0 Å². The van der Waals surface area contributed by atoms with Gasteiger partial charge >= 0.3 is 0 Å². The number of nitrogens with zero attached hydrogens (tertiary/aromatic N) is 5. The van der Waals surface area contributed by atoms with Gasteiger partial charge in [0.15, 0.2) is 0 Å². The van der Waals surface area contributed by atoms with Crippen molar-refractivity contribution in [3.05, 3.63) is 47.8 Å². The maximum Gasteiger partial charge on any atom is 0.255 e. The predicted octanol–water partition coefficient (Wildman–Crippen LogP) is 2.78. The molecule has 2 fully saturated rings. The number of anilines is 1. The Labute approximate surface area is 225 Å². The molecule has 0 spiro atoms. The Morgan fingerprint density at radius 1 is 1.23 bits per heavy atom. The zero-order chi connectivity index (χ0) is 27.9. The molecule has 0 bridgehead atoms. The van der Waals surface area contributed by atoms with Gasteiger partial charge in [0.2, 0.25) is 5.91 Å². The largest absolute Gasteiger partial charge is 0.387 e. The summed E-state index contributed by atoms with van der Waals surface area (Å²) >= 11 is 0. The molecule has 1 saturated carbocycles. The van der Waals surface area contributed by atoms with Crippen molar-refractivity contribution in [2.45, 2.75) is 51.4 Å². The van der Waals surface area contributed by atoms with Crippen LogP contribution in [0.5, 0.6) is 0 Å². The number of halogens is 1. The number of fused-ring (bicyclic) bond motifs is 2. The number of nitrogens with one attached hydrogen (secondary N) is 2. The molecule has 3 aromatic heterocycles. The molecule has 204 valence electrons. The van der Waals surface area contributed by atoms with E-state index in [1.54, 1.807) is 23.6 Å². The van der Waals surface area contributed by atoms with Gasteiger partial charge in [0.05, 0.1) is 52.1 Å². The third-order valence-corrected chi connectivity index (χ3v) is 7.80. The quantitative estimate of drug-likeness (QED) is 0.425. The molecule has 4 heterocycles. The van der Waals surface area contributed by atoms with Crippen LogP contribution in [0, 0.1) is 23.2 Å². The first-order valence-corrected chi connectivity index (χ1v) is 13.1. The summed E-state index contributed by atoms with van der Waals surface area (Å²) in [5, 5.41) is 29.6. The van der Waals surface area contributed by atoms with Gasteiger partial charge in [0.1, 0.15) is 12.2 Å². The van der Waals surface area contributed by atoms with Crippen LogP contribution in [0.4, 0.5) is 10.1 Å². The Balaban J connectivity index is 1.42. The van der Waals surface area contributed by atoms with Crippen molar-refractivity contribution in [3.63, 3.8) is 0 Å². The highest BCUT2D eigenvalue weighted by molar-refractivity contribution is 6.00. The lowest BCUT2D eigenvalue weighted by Gasteiger charge is -2.23. The summed E-state index contributed by atoms with van der Waals surface area (Å²) in [7, 11) is 0. The van der Waals surface area contributed by atoms with Crippen molar-refractivity contribution in [2.75, 3.05) is 25.0 Å². The lowest BCUT2D eigenvalue weighted by molar-refractivity contribution is -0.128. The van der Waals surface area contributed by atoms with Crippen LogP contribution in [0.15, 0.2) is 36.7 Å². The normalized spacial score (nSPS) is 21.4. The standard InChI is InChI=1S/C28H32FN7O3/c1-16(37)35-14-18-7-20(8-19(18)15-35)34-23-9-24(25-5-4-21-6-17(10-30)11-33-36(21)25)31-12-22(23)27(38)32-13-26(29)28(2,3)39/h4-6,9,11-12,18-20,26,39H,7-8,13-15H2,1-3H3,(H,31,34)(H,32,38)/t18-,19+,20?,26?. The summed E-state index contributed by atoms with van der Waals surface area (Å²) in [6.45, 7) is 5.45. The molecule has 1 aliphatic carbocycles. The molecule has 2 unspecified atom stereocenters. The fourth-order valence-electron chi connectivity index (χ4n) is 5.57. The van der Waals surface area contributed by atoms with E-state index in [9.17, 15) is 24.3 Å². The van der Waals surface area contributed by atoms with Crippen molar-refractivity contribution < 1.29 is 19.1 Å². The minimum atomic E-state index is -1.64. The summed E-state index contributed by atoms with van der Waals surface area (Å²) < 4.78 is 16.0. The third kappa shape index (κ3) is 5.43. The monoisotopic (exact) mass is 533 g/mol. The Morgan fingerprint density at radius 3 is 2.59 bits per heavy atom. The molecule has 10 nitrogen and oxygen atoms in total. The van der Waals surface area contributed by atoms with Gasteiger partial charge in [0, 0.05) is 32.3 Å². The van der Waals surface area contributed by atoms with Crippen LogP contribution in [-0.4, -0.2) is 73.9 Å². The van der Waals surface area contributed by atoms with Crippen LogP contribution in [0.25, 0.3) is 16.9 Å². The zero-order valence-electron chi connectivity index (χ0n) is 22.2. The van der Waals surface area contributed by atoms with Crippen LogP contribution < -0.4 is 10.6 Å². The number of likely N-dealkylation sites (tertiary alicyclic amines) is 1. The second-order valence-corrected chi connectivity index (χ2v) is 11.1. The highest BCUT2D eigenvalue weighted by Crippen LogP contribution is 2.40. The summed E-state index contributed by atoms with van der Waals surface area (Å²) in [4.78, 5) is 31.4. The van der Waals surface area contributed by atoms with E-state index in [4.69, 9.17) is 0 Å². The van der Waals surface area contributed by atoms with E-state index < -0.39 is 17.7 Å².